The number of H-pyrrole nitrogens is 1. The van der Waals surface area contributed by atoms with Crippen molar-refractivity contribution in [3.05, 3.63) is 24.0 Å². The van der Waals surface area contributed by atoms with Gasteiger partial charge in [-0.1, -0.05) is 0 Å². The Labute approximate surface area is 181 Å². The van der Waals surface area contributed by atoms with Crippen molar-refractivity contribution < 1.29 is 19.4 Å². The number of aromatic carboxylic acids is 1. The Bertz CT molecular complexity index is 1020. The maximum atomic E-state index is 12.5. The maximum Gasteiger partial charge on any atom is 0.408 e. The van der Waals surface area contributed by atoms with Crippen molar-refractivity contribution in [1.29, 1.82) is 0 Å². The van der Waals surface area contributed by atoms with E-state index in [-0.39, 0.29) is 23.2 Å². The Morgan fingerprint density at radius 2 is 1.94 bits per heavy atom. The van der Waals surface area contributed by atoms with Crippen molar-refractivity contribution in [3.63, 3.8) is 0 Å². The van der Waals surface area contributed by atoms with Gasteiger partial charge in [-0.3, -0.25) is 0 Å². The van der Waals surface area contributed by atoms with Crippen molar-refractivity contribution in [1.82, 2.24) is 15.3 Å². The van der Waals surface area contributed by atoms with Gasteiger partial charge in [-0.25, -0.2) is 14.6 Å². The molecule has 4 aliphatic carbocycles. The third-order valence-electron chi connectivity index (χ3n) is 7.17. The molecule has 4 bridgehead atoms. The van der Waals surface area contributed by atoms with Gasteiger partial charge in [0.15, 0.2) is 0 Å². The molecule has 4 saturated carbocycles. The van der Waals surface area contributed by atoms with Crippen LogP contribution in [0, 0.1) is 17.8 Å². The number of hydrogen-bond acceptors (Lipinski definition) is 5. The zero-order chi connectivity index (χ0) is 22.0. The molecule has 1 amide bonds. The lowest BCUT2D eigenvalue weighted by Crippen LogP contribution is -2.65. The van der Waals surface area contributed by atoms with Crippen LogP contribution < -0.4 is 10.6 Å². The Hall–Kier alpha value is -2.77. The van der Waals surface area contributed by atoms with E-state index in [4.69, 9.17) is 4.74 Å². The standard InChI is InChI=1S/C23H30N4O4/c1-22(2,3)31-21(30)27-23-8-12-6-13(9-23)17(14(7-12)10-23)26-18-15-4-5-24-19(15)25-11-16(18)20(28)29/h4-5,11-14,17H,6-10H2,1-3H3,(H,27,30)(H,28,29)(H2,24,25,26). The van der Waals surface area contributed by atoms with E-state index in [0.29, 0.717) is 29.1 Å². The summed E-state index contributed by atoms with van der Waals surface area (Å²) in [4.78, 5) is 31.7. The molecule has 8 nitrogen and oxygen atoms in total. The van der Waals surface area contributed by atoms with Gasteiger partial charge < -0.3 is 25.5 Å². The molecule has 0 aliphatic heterocycles. The Balaban J connectivity index is 1.40. The molecule has 4 aliphatic rings. The van der Waals surface area contributed by atoms with Gasteiger partial charge in [-0.15, -0.1) is 0 Å². The largest absolute Gasteiger partial charge is 0.478 e. The minimum absolute atomic E-state index is 0.184. The van der Waals surface area contributed by atoms with Gasteiger partial charge >= 0.3 is 12.1 Å². The lowest BCUT2D eigenvalue weighted by molar-refractivity contribution is -0.0348. The molecule has 0 aromatic carbocycles. The van der Waals surface area contributed by atoms with E-state index < -0.39 is 11.6 Å². The second-order valence-corrected chi connectivity index (χ2v) is 10.6. The Morgan fingerprint density at radius 1 is 1.23 bits per heavy atom. The van der Waals surface area contributed by atoms with Gasteiger partial charge in [0.2, 0.25) is 0 Å². The number of amides is 1. The fourth-order valence-electron chi connectivity index (χ4n) is 6.43. The first-order valence-electron chi connectivity index (χ1n) is 11.1. The highest BCUT2D eigenvalue weighted by molar-refractivity contribution is 6.03. The first-order valence-corrected chi connectivity index (χ1v) is 11.1. The number of aromatic amines is 1. The predicted molar refractivity (Wildman–Crippen MR) is 116 cm³/mol. The van der Waals surface area contributed by atoms with E-state index in [1.165, 1.54) is 6.20 Å². The summed E-state index contributed by atoms with van der Waals surface area (Å²) in [7, 11) is 0. The van der Waals surface area contributed by atoms with Crippen molar-refractivity contribution in [2.75, 3.05) is 5.32 Å². The second-order valence-electron chi connectivity index (χ2n) is 10.6. The molecule has 31 heavy (non-hydrogen) atoms. The number of carboxylic acid groups (broad SMARTS) is 1. The van der Waals surface area contributed by atoms with Crippen molar-refractivity contribution >= 4 is 28.8 Å². The molecular weight excluding hydrogens is 396 g/mol. The zero-order valence-corrected chi connectivity index (χ0v) is 18.2. The SMILES string of the molecule is CC(C)(C)OC(=O)NC12CC3CC(C1)C(Nc1c(C(=O)O)cnc4[nH]ccc14)C(C3)C2. The van der Waals surface area contributed by atoms with Crippen LogP contribution in [0.25, 0.3) is 11.0 Å². The Kier molecular flexibility index (Phi) is 4.46. The average molecular weight is 427 g/mol. The molecule has 4 fully saturated rings. The number of ether oxygens (including phenoxy) is 1. The van der Waals surface area contributed by atoms with Crippen LogP contribution in [0.2, 0.25) is 0 Å². The van der Waals surface area contributed by atoms with Gasteiger partial charge in [0.1, 0.15) is 16.8 Å². The third kappa shape index (κ3) is 3.62. The first kappa shape index (κ1) is 20.2. The molecule has 0 saturated heterocycles. The molecule has 8 heteroatoms. The molecule has 6 rings (SSSR count). The van der Waals surface area contributed by atoms with Gasteiger partial charge in [-0.05, 0) is 76.7 Å². The number of carbonyl (C=O) groups excluding carboxylic acids is 1. The minimum Gasteiger partial charge on any atom is -0.478 e. The van der Waals surface area contributed by atoms with E-state index in [1.807, 2.05) is 26.8 Å². The fraction of sp³-hybridized carbons (Fsp3) is 0.609. The molecule has 2 aromatic heterocycles. The van der Waals surface area contributed by atoms with Crippen LogP contribution in [0.5, 0.6) is 0 Å². The van der Waals surface area contributed by atoms with Gasteiger partial charge in [0.05, 0.1) is 5.69 Å². The van der Waals surface area contributed by atoms with E-state index in [2.05, 4.69) is 20.6 Å². The average Bonchev–Trinajstić information content (AvgIpc) is 3.10. The van der Waals surface area contributed by atoms with Gasteiger partial charge in [0, 0.05) is 29.4 Å². The lowest BCUT2D eigenvalue weighted by atomic mass is 9.51. The summed E-state index contributed by atoms with van der Waals surface area (Å²) in [6.45, 7) is 5.63. The van der Waals surface area contributed by atoms with Crippen LogP contribution in [0.3, 0.4) is 0 Å². The zero-order valence-electron chi connectivity index (χ0n) is 18.2. The highest BCUT2D eigenvalue weighted by Crippen LogP contribution is 2.56. The lowest BCUT2D eigenvalue weighted by Gasteiger charge is -2.60. The molecule has 4 N–H and O–H groups in total. The summed E-state index contributed by atoms with van der Waals surface area (Å²) < 4.78 is 5.54. The van der Waals surface area contributed by atoms with Crippen molar-refractivity contribution in [2.45, 2.75) is 70.1 Å². The molecule has 0 spiro atoms. The third-order valence-corrected chi connectivity index (χ3v) is 7.17. The number of rotatable bonds is 4. The van der Waals surface area contributed by atoms with Crippen LogP contribution in [-0.4, -0.2) is 44.3 Å². The summed E-state index contributed by atoms with van der Waals surface area (Å²) in [6.07, 6.45) is 7.86. The number of pyridine rings is 1. The number of carbonyl (C=O) groups is 2. The number of aromatic nitrogens is 2. The number of alkyl carbamates (subject to hydrolysis) is 1. The second kappa shape index (κ2) is 6.87. The highest BCUT2D eigenvalue weighted by atomic mass is 16.6. The van der Waals surface area contributed by atoms with Crippen LogP contribution in [0.4, 0.5) is 10.5 Å². The van der Waals surface area contributed by atoms with E-state index in [0.717, 1.165) is 37.5 Å². The minimum atomic E-state index is -0.982. The number of nitrogens with one attached hydrogen (secondary N) is 3. The summed E-state index contributed by atoms with van der Waals surface area (Å²) in [5.74, 6) is 0.370. The molecule has 2 aromatic rings. The van der Waals surface area contributed by atoms with E-state index in [1.54, 1.807) is 6.20 Å². The van der Waals surface area contributed by atoms with Crippen LogP contribution in [0.15, 0.2) is 18.5 Å². The number of carboxylic acids is 1. The first-order chi connectivity index (χ1) is 14.6. The van der Waals surface area contributed by atoms with Crippen molar-refractivity contribution in [3.8, 4) is 0 Å². The van der Waals surface area contributed by atoms with Crippen molar-refractivity contribution in [2.24, 2.45) is 17.8 Å². The molecule has 2 heterocycles. The monoisotopic (exact) mass is 426 g/mol. The topological polar surface area (TPSA) is 116 Å². The number of fused-ring (bicyclic) bond motifs is 1. The molecule has 2 atom stereocenters. The number of hydrogen-bond donors (Lipinski definition) is 4. The number of nitrogens with zero attached hydrogens (tertiary/aromatic N) is 1. The summed E-state index contributed by atoms with van der Waals surface area (Å²) in [5, 5.41) is 17.4. The molecule has 166 valence electrons. The molecular formula is C23H30N4O4. The smallest absolute Gasteiger partial charge is 0.408 e. The maximum absolute atomic E-state index is 12.5. The summed E-state index contributed by atoms with van der Waals surface area (Å²) >= 11 is 0. The van der Waals surface area contributed by atoms with Crippen LogP contribution >= 0.6 is 0 Å². The van der Waals surface area contributed by atoms with Gasteiger partial charge in [0.25, 0.3) is 0 Å². The fourth-order valence-corrected chi connectivity index (χ4v) is 6.43. The summed E-state index contributed by atoms with van der Waals surface area (Å²) in [5.41, 5.74) is 0.786. The number of anilines is 1. The molecule has 2 unspecified atom stereocenters. The molecule has 0 radical (unpaired) electrons. The highest BCUT2D eigenvalue weighted by Gasteiger charge is 2.56. The quantitative estimate of drug-likeness (QED) is 0.584. The van der Waals surface area contributed by atoms with E-state index >= 15 is 0 Å². The predicted octanol–water partition coefficient (Wildman–Crippen LogP) is 4.15. The summed E-state index contributed by atoms with van der Waals surface area (Å²) in [6, 6.07) is 2.06. The van der Waals surface area contributed by atoms with Crippen LogP contribution in [0.1, 0.15) is 63.2 Å². The van der Waals surface area contributed by atoms with Gasteiger partial charge in [-0.2, -0.15) is 0 Å². The van der Waals surface area contributed by atoms with E-state index in [9.17, 15) is 14.7 Å². The Morgan fingerprint density at radius 3 is 2.58 bits per heavy atom. The van der Waals surface area contributed by atoms with Crippen LogP contribution in [-0.2, 0) is 4.74 Å². The normalized spacial score (nSPS) is 31.6.